The van der Waals surface area contributed by atoms with Crippen LogP contribution in [0.15, 0.2) is 36.5 Å². The lowest BCUT2D eigenvalue weighted by molar-refractivity contribution is 0.0831. The molecule has 1 aromatic carbocycles. The number of aryl methyl sites for hydroxylation is 1. The van der Waals surface area contributed by atoms with Crippen molar-refractivity contribution in [2.75, 3.05) is 40.3 Å². The van der Waals surface area contributed by atoms with Crippen molar-refractivity contribution in [3.63, 3.8) is 0 Å². The van der Waals surface area contributed by atoms with Gasteiger partial charge in [0.15, 0.2) is 0 Å². The molecular weight excluding hydrogens is 352 g/mol. The Balaban J connectivity index is 1.44. The van der Waals surface area contributed by atoms with Gasteiger partial charge in [-0.05, 0) is 70.7 Å². The molecule has 1 aromatic heterocycles. The monoisotopic (exact) mass is 384 g/mol. The van der Waals surface area contributed by atoms with Crippen LogP contribution in [0.1, 0.15) is 35.8 Å². The summed E-state index contributed by atoms with van der Waals surface area (Å²) < 4.78 is 5.68. The number of ether oxygens (including phenoxy) is 1. The predicted molar refractivity (Wildman–Crippen MR) is 111 cm³/mol. The molecule has 1 aliphatic heterocycles. The summed E-state index contributed by atoms with van der Waals surface area (Å²) in [6.45, 7) is 6.00. The van der Waals surface area contributed by atoms with E-state index >= 15 is 0 Å². The van der Waals surface area contributed by atoms with Crippen LogP contribution in [0.25, 0.3) is 0 Å². The van der Waals surface area contributed by atoms with Gasteiger partial charge in [-0.15, -0.1) is 0 Å². The zero-order valence-corrected chi connectivity index (χ0v) is 17.2. The SMILES string of the molecule is Cc1nccc(C2CCN(Cc3ccc(OC[C@H](O)CN(C)C)cc3)CC2)n1. The summed E-state index contributed by atoms with van der Waals surface area (Å²) in [5, 5.41) is 9.89. The molecule has 0 radical (unpaired) electrons. The normalized spacial score (nSPS) is 17.0. The zero-order chi connectivity index (χ0) is 19.9. The molecule has 28 heavy (non-hydrogen) atoms. The average Bonchev–Trinajstić information content (AvgIpc) is 2.67. The summed E-state index contributed by atoms with van der Waals surface area (Å²) in [6, 6.07) is 10.3. The maximum atomic E-state index is 9.89. The van der Waals surface area contributed by atoms with Crippen LogP contribution in [0.2, 0.25) is 0 Å². The molecule has 2 heterocycles. The molecule has 1 N–H and O–H groups in total. The van der Waals surface area contributed by atoms with Crippen LogP contribution in [-0.4, -0.2) is 71.3 Å². The van der Waals surface area contributed by atoms with E-state index in [2.05, 4.69) is 33.1 Å². The molecule has 0 bridgehead atoms. The molecule has 0 amide bonds. The molecule has 3 rings (SSSR count). The third-order valence-corrected chi connectivity index (χ3v) is 5.15. The summed E-state index contributed by atoms with van der Waals surface area (Å²) in [5.41, 5.74) is 2.47. The van der Waals surface area contributed by atoms with Gasteiger partial charge in [-0.1, -0.05) is 12.1 Å². The average molecular weight is 385 g/mol. The number of aliphatic hydroxyl groups is 1. The Morgan fingerprint density at radius 2 is 1.89 bits per heavy atom. The number of aliphatic hydroxyl groups excluding tert-OH is 1. The zero-order valence-electron chi connectivity index (χ0n) is 17.2. The van der Waals surface area contributed by atoms with Gasteiger partial charge in [-0.3, -0.25) is 4.90 Å². The van der Waals surface area contributed by atoms with Crippen molar-refractivity contribution >= 4 is 0 Å². The third-order valence-electron chi connectivity index (χ3n) is 5.15. The van der Waals surface area contributed by atoms with Gasteiger partial charge >= 0.3 is 0 Å². The number of likely N-dealkylation sites (N-methyl/N-ethyl adjacent to an activating group) is 1. The minimum Gasteiger partial charge on any atom is -0.491 e. The van der Waals surface area contributed by atoms with Gasteiger partial charge in [0.1, 0.15) is 24.3 Å². The van der Waals surface area contributed by atoms with Crippen molar-refractivity contribution in [2.45, 2.75) is 38.3 Å². The van der Waals surface area contributed by atoms with E-state index in [-0.39, 0.29) is 0 Å². The van der Waals surface area contributed by atoms with E-state index in [9.17, 15) is 5.11 Å². The second-order valence-corrected chi connectivity index (χ2v) is 7.95. The smallest absolute Gasteiger partial charge is 0.125 e. The summed E-state index contributed by atoms with van der Waals surface area (Å²) in [5.74, 6) is 2.21. The van der Waals surface area contributed by atoms with Crippen molar-refractivity contribution in [3.05, 3.63) is 53.6 Å². The van der Waals surface area contributed by atoms with Gasteiger partial charge in [0, 0.05) is 30.9 Å². The van der Waals surface area contributed by atoms with Crippen LogP contribution >= 0.6 is 0 Å². The maximum absolute atomic E-state index is 9.89. The minimum atomic E-state index is -0.477. The standard InChI is InChI=1S/C22H32N4O2/c1-17-23-11-8-22(24-17)19-9-12-26(13-10-19)14-18-4-6-21(7-5-18)28-16-20(27)15-25(2)3/h4-8,11,19-20,27H,9-10,12-16H2,1-3H3/t20-/m1/s1. The lowest BCUT2D eigenvalue weighted by Crippen LogP contribution is -2.32. The Bertz CT molecular complexity index is 728. The summed E-state index contributed by atoms with van der Waals surface area (Å²) in [6.07, 6.45) is 3.67. The topological polar surface area (TPSA) is 61.7 Å². The molecule has 6 heteroatoms. The first-order valence-corrected chi connectivity index (χ1v) is 10.1. The van der Waals surface area contributed by atoms with E-state index in [4.69, 9.17) is 4.74 Å². The Morgan fingerprint density at radius 3 is 2.54 bits per heavy atom. The summed E-state index contributed by atoms with van der Waals surface area (Å²) >= 11 is 0. The number of likely N-dealkylation sites (tertiary alicyclic amines) is 1. The Kier molecular flexibility index (Phi) is 7.36. The van der Waals surface area contributed by atoms with Crippen LogP contribution in [0, 0.1) is 6.92 Å². The molecule has 1 saturated heterocycles. The lowest BCUT2D eigenvalue weighted by atomic mass is 9.93. The largest absolute Gasteiger partial charge is 0.491 e. The summed E-state index contributed by atoms with van der Waals surface area (Å²) in [7, 11) is 3.88. The van der Waals surface area contributed by atoms with E-state index in [1.807, 2.05) is 44.2 Å². The van der Waals surface area contributed by atoms with Gasteiger partial charge < -0.3 is 14.7 Å². The van der Waals surface area contributed by atoms with Gasteiger partial charge in [0.05, 0.1) is 0 Å². The molecule has 1 aliphatic rings. The quantitative estimate of drug-likeness (QED) is 0.754. The van der Waals surface area contributed by atoms with Gasteiger partial charge in [0.25, 0.3) is 0 Å². The molecule has 152 valence electrons. The molecule has 0 aliphatic carbocycles. The fourth-order valence-corrected chi connectivity index (χ4v) is 3.70. The number of piperidine rings is 1. The van der Waals surface area contributed by atoms with E-state index < -0.39 is 6.10 Å². The Hall–Kier alpha value is -2.02. The number of nitrogens with zero attached hydrogens (tertiary/aromatic N) is 4. The summed E-state index contributed by atoms with van der Waals surface area (Å²) in [4.78, 5) is 13.2. The van der Waals surface area contributed by atoms with Gasteiger partial charge in [0.2, 0.25) is 0 Å². The molecule has 2 aromatic rings. The van der Waals surface area contributed by atoms with Crippen LogP contribution < -0.4 is 4.74 Å². The number of rotatable bonds is 8. The predicted octanol–water partition coefficient (Wildman–Crippen LogP) is 2.47. The molecule has 1 fully saturated rings. The highest BCUT2D eigenvalue weighted by molar-refractivity contribution is 5.27. The third kappa shape index (κ3) is 6.26. The van der Waals surface area contributed by atoms with E-state index in [0.29, 0.717) is 19.1 Å². The van der Waals surface area contributed by atoms with Crippen LogP contribution in [-0.2, 0) is 6.54 Å². The van der Waals surface area contributed by atoms with Gasteiger partial charge in [-0.25, -0.2) is 9.97 Å². The van der Waals surface area contributed by atoms with Crippen molar-refractivity contribution < 1.29 is 9.84 Å². The first kappa shape index (κ1) is 20.7. The van der Waals surface area contributed by atoms with Crippen molar-refractivity contribution in [2.24, 2.45) is 0 Å². The highest BCUT2D eigenvalue weighted by Crippen LogP contribution is 2.27. The van der Waals surface area contributed by atoms with Crippen LogP contribution in [0.4, 0.5) is 0 Å². The van der Waals surface area contributed by atoms with Crippen LogP contribution in [0.3, 0.4) is 0 Å². The van der Waals surface area contributed by atoms with E-state index in [1.165, 1.54) is 11.3 Å². The van der Waals surface area contributed by atoms with E-state index in [0.717, 1.165) is 44.0 Å². The fraction of sp³-hybridized carbons (Fsp3) is 0.545. The molecule has 1 atom stereocenters. The number of hydrogen-bond acceptors (Lipinski definition) is 6. The highest BCUT2D eigenvalue weighted by atomic mass is 16.5. The second-order valence-electron chi connectivity index (χ2n) is 7.95. The first-order chi connectivity index (χ1) is 13.5. The number of aromatic nitrogens is 2. The first-order valence-electron chi connectivity index (χ1n) is 10.1. The molecule has 0 unspecified atom stereocenters. The number of hydrogen-bond donors (Lipinski definition) is 1. The highest BCUT2D eigenvalue weighted by Gasteiger charge is 2.21. The minimum absolute atomic E-state index is 0.313. The van der Waals surface area contributed by atoms with E-state index in [1.54, 1.807) is 0 Å². The Morgan fingerprint density at radius 1 is 1.18 bits per heavy atom. The molecular formula is C22H32N4O2. The van der Waals surface area contributed by atoms with Gasteiger partial charge in [-0.2, -0.15) is 0 Å². The molecule has 0 spiro atoms. The van der Waals surface area contributed by atoms with Crippen LogP contribution in [0.5, 0.6) is 5.75 Å². The second kappa shape index (κ2) is 9.96. The van der Waals surface area contributed by atoms with Crippen molar-refractivity contribution in [1.82, 2.24) is 19.8 Å². The molecule has 0 saturated carbocycles. The number of benzene rings is 1. The lowest BCUT2D eigenvalue weighted by Gasteiger charge is -2.31. The Labute approximate surface area is 168 Å². The molecule has 6 nitrogen and oxygen atoms in total. The maximum Gasteiger partial charge on any atom is 0.125 e. The van der Waals surface area contributed by atoms with Crippen molar-refractivity contribution in [3.8, 4) is 5.75 Å². The van der Waals surface area contributed by atoms with Crippen molar-refractivity contribution in [1.29, 1.82) is 0 Å². The fourth-order valence-electron chi connectivity index (χ4n) is 3.70.